The summed E-state index contributed by atoms with van der Waals surface area (Å²) in [5.41, 5.74) is 2.07. The predicted octanol–water partition coefficient (Wildman–Crippen LogP) is 2.86. The lowest BCUT2D eigenvalue weighted by molar-refractivity contribution is -0.126. The third-order valence-corrected chi connectivity index (χ3v) is 5.76. The molecule has 1 aromatic carbocycles. The molecule has 122 valence electrons. The zero-order valence-corrected chi connectivity index (χ0v) is 14.8. The van der Waals surface area contributed by atoms with Crippen LogP contribution in [0.4, 0.5) is 0 Å². The Kier molecular flexibility index (Phi) is 5.70. The van der Waals surface area contributed by atoms with Gasteiger partial charge in [-0.3, -0.25) is 9.69 Å². The summed E-state index contributed by atoms with van der Waals surface area (Å²) >= 11 is 3.55. The molecule has 0 radical (unpaired) electrons. The first-order valence-corrected chi connectivity index (χ1v) is 9.83. The molecule has 0 unspecified atom stereocenters. The molecule has 0 aliphatic carbocycles. The number of hydrogen-bond donors (Lipinski definition) is 1. The first kappa shape index (κ1) is 16.5. The van der Waals surface area contributed by atoms with E-state index in [1.54, 1.807) is 11.3 Å². The number of amides is 1. The van der Waals surface area contributed by atoms with E-state index in [2.05, 4.69) is 15.2 Å². The molecule has 0 bridgehead atoms. The highest BCUT2D eigenvalue weighted by atomic mass is 32.2. The van der Waals surface area contributed by atoms with Crippen LogP contribution in [-0.2, 0) is 11.3 Å². The van der Waals surface area contributed by atoms with Crippen LogP contribution in [0.3, 0.4) is 0 Å². The average molecular weight is 348 g/mol. The fraction of sp³-hybridized carbons (Fsp3) is 0.412. The van der Waals surface area contributed by atoms with E-state index in [0.717, 1.165) is 40.9 Å². The SMILES string of the molecule is Cc1csc(CNC(=O)[C@H](c2ccccc2)N2CCSCC2)n1. The van der Waals surface area contributed by atoms with E-state index in [4.69, 9.17) is 0 Å². The Balaban J connectivity index is 1.72. The van der Waals surface area contributed by atoms with Crippen LogP contribution < -0.4 is 5.32 Å². The molecule has 6 heteroatoms. The van der Waals surface area contributed by atoms with Gasteiger partial charge in [-0.15, -0.1) is 11.3 Å². The van der Waals surface area contributed by atoms with Crippen LogP contribution in [0.15, 0.2) is 35.7 Å². The maximum atomic E-state index is 12.8. The van der Waals surface area contributed by atoms with E-state index in [9.17, 15) is 4.79 Å². The molecular formula is C17H21N3OS2. The van der Waals surface area contributed by atoms with Gasteiger partial charge in [0.2, 0.25) is 5.91 Å². The molecule has 4 nitrogen and oxygen atoms in total. The molecule has 1 saturated heterocycles. The second-order valence-corrected chi connectivity index (χ2v) is 7.73. The quantitative estimate of drug-likeness (QED) is 0.903. The van der Waals surface area contributed by atoms with Gasteiger partial charge in [-0.1, -0.05) is 30.3 Å². The number of nitrogens with one attached hydrogen (secondary N) is 1. The number of benzene rings is 1. The minimum atomic E-state index is -0.210. The molecule has 3 rings (SSSR count). The summed E-state index contributed by atoms with van der Waals surface area (Å²) in [7, 11) is 0. The number of aryl methyl sites for hydroxylation is 1. The smallest absolute Gasteiger partial charge is 0.242 e. The summed E-state index contributed by atoms with van der Waals surface area (Å²) < 4.78 is 0. The highest BCUT2D eigenvalue weighted by molar-refractivity contribution is 7.99. The van der Waals surface area contributed by atoms with E-state index in [-0.39, 0.29) is 11.9 Å². The Morgan fingerprint density at radius 3 is 2.70 bits per heavy atom. The monoisotopic (exact) mass is 347 g/mol. The van der Waals surface area contributed by atoms with E-state index in [1.165, 1.54) is 0 Å². The van der Waals surface area contributed by atoms with E-state index in [0.29, 0.717) is 6.54 Å². The van der Waals surface area contributed by atoms with E-state index < -0.39 is 0 Å². The number of carbonyl (C=O) groups excluding carboxylic acids is 1. The highest BCUT2D eigenvalue weighted by Crippen LogP contribution is 2.24. The second-order valence-electron chi connectivity index (χ2n) is 5.56. The molecule has 1 aliphatic heterocycles. The minimum Gasteiger partial charge on any atom is -0.348 e. The van der Waals surface area contributed by atoms with Crippen LogP contribution in [0.2, 0.25) is 0 Å². The van der Waals surface area contributed by atoms with Crippen LogP contribution in [-0.4, -0.2) is 40.4 Å². The van der Waals surface area contributed by atoms with Crippen LogP contribution in [0.25, 0.3) is 0 Å². The van der Waals surface area contributed by atoms with Gasteiger partial charge in [0.1, 0.15) is 11.0 Å². The van der Waals surface area contributed by atoms with Crippen LogP contribution in [0, 0.1) is 6.92 Å². The first-order valence-electron chi connectivity index (χ1n) is 7.79. The van der Waals surface area contributed by atoms with Gasteiger partial charge < -0.3 is 5.32 Å². The third-order valence-electron chi connectivity index (χ3n) is 3.85. The second kappa shape index (κ2) is 7.95. The Bertz CT molecular complexity index is 638. The molecule has 1 aromatic heterocycles. The van der Waals surface area contributed by atoms with Crippen molar-refractivity contribution < 1.29 is 4.79 Å². The fourth-order valence-electron chi connectivity index (χ4n) is 2.74. The summed E-state index contributed by atoms with van der Waals surface area (Å²) in [5, 5.41) is 6.04. The van der Waals surface area contributed by atoms with Gasteiger partial charge in [-0.25, -0.2) is 4.98 Å². The number of rotatable bonds is 5. The van der Waals surface area contributed by atoms with Gasteiger partial charge in [0.25, 0.3) is 0 Å². The standard InChI is InChI=1S/C17H21N3OS2/c1-13-12-23-15(19-13)11-18-17(21)16(14-5-3-2-4-6-14)20-7-9-22-10-8-20/h2-6,12,16H,7-11H2,1H3,(H,18,21)/t16-/m0/s1. The molecule has 23 heavy (non-hydrogen) atoms. The molecule has 1 fully saturated rings. The zero-order valence-electron chi connectivity index (χ0n) is 13.2. The number of hydrogen-bond acceptors (Lipinski definition) is 5. The molecule has 1 amide bonds. The van der Waals surface area contributed by atoms with Crippen LogP contribution in [0.5, 0.6) is 0 Å². The van der Waals surface area contributed by atoms with Crippen molar-refractivity contribution in [2.45, 2.75) is 19.5 Å². The van der Waals surface area contributed by atoms with Crippen molar-refractivity contribution in [3.8, 4) is 0 Å². The van der Waals surface area contributed by atoms with E-state index in [1.807, 2.05) is 54.4 Å². The van der Waals surface area contributed by atoms with Crippen molar-refractivity contribution in [1.82, 2.24) is 15.2 Å². The fourth-order valence-corrected chi connectivity index (χ4v) is 4.39. The lowest BCUT2D eigenvalue weighted by Crippen LogP contribution is -2.44. The van der Waals surface area contributed by atoms with Gasteiger partial charge in [0, 0.05) is 35.7 Å². The molecule has 1 atom stereocenters. The topological polar surface area (TPSA) is 45.2 Å². The largest absolute Gasteiger partial charge is 0.348 e. The number of thioether (sulfide) groups is 1. The first-order chi connectivity index (χ1) is 11.2. The molecule has 2 aromatic rings. The van der Waals surface area contributed by atoms with Crippen LogP contribution in [0.1, 0.15) is 22.3 Å². The number of carbonyl (C=O) groups is 1. The molecule has 2 heterocycles. The summed E-state index contributed by atoms with van der Waals surface area (Å²) in [6.07, 6.45) is 0. The summed E-state index contributed by atoms with van der Waals surface area (Å²) in [5.74, 6) is 2.24. The lowest BCUT2D eigenvalue weighted by Gasteiger charge is -2.33. The van der Waals surface area contributed by atoms with Crippen molar-refractivity contribution in [3.63, 3.8) is 0 Å². The molecular weight excluding hydrogens is 326 g/mol. The third kappa shape index (κ3) is 4.34. The molecule has 0 spiro atoms. The number of aromatic nitrogens is 1. The van der Waals surface area contributed by atoms with Gasteiger partial charge in [-0.2, -0.15) is 11.8 Å². The van der Waals surface area contributed by atoms with Crippen molar-refractivity contribution in [1.29, 1.82) is 0 Å². The Morgan fingerprint density at radius 2 is 2.04 bits per heavy atom. The predicted molar refractivity (Wildman–Crippen MR) is 96.8 cm³/mol. The van der Waals surface area contributed by atoms with Gasteiger partial charge in [-0.05, 0) is 12.5 Å². The molecule has 0 saturated carbocycles. The normalized spacial score (nSPS) is 16.9. The van der Waals surface area contributed by atoms with Crippen molar-refractivity contribution in [2.24, 2.45) is 0 Å². The molecule has 1 N–H and O–H groups in total. The maximum absolute atomic E-state index is 12.8. The molecule has 1 aliphatic rings. The average Bonchev–Trinajstić information content (AvgIpc) is 3.01. The summed E-state index contributed by atoms with van der Waals surface area (Å²) in [6.45, 7) is 4.38. The Labute approximate surface area is 145 Å². The number of thiazole rings is 1. The van der Waals surface area contributed by atoms with Crippen LogP contribution >= 0.6 is 23.1 Å². The van der Waals surface area contributed by atoms with Gasteiger partial charge >= 0.3 is 0 Å². The van der Waals surface area contributed by atoms with Crippen molar-refractivity contribution in [3.05, 3.63) is 52.0 Å². The van der Waals surface area contributed by atoms with Crippen molar-refractivity contribution >= 4 is 29.0 Å². The van der Waals surface area contributed by atoms with E-state index >= 15 is 0 Å². The minimum absolute atomic E-state index is 0.0657. The maximum Gasteiger partial charge on any atom is 0.242 e. The summed E-state index contributed by atoms with van der Waals surface area (Å²) in [4.78, 5) is 19.5. The summed E-state index contributed by atoms with van der Waals surface area (Å²) in [6, 6.07) is 9.86. The number of nitrogens with zero attached hydrogens (tertiary/aromatic N) is 2. The Morgan fingerprint density at radius 1 is 1.30 bits per heavy atom. The van der Waals surface area contributed by atoms with Gasteiger partial charge in [0.15, 0.2) is 0 Å². The highest BCUT2D eigenvalue weighted by Gasteiger charge is 2.28. The lowest BCUT2D eigenvalue weighted by atomic mass is 10.0. The zero-order chi connectivity index (χ0) is 16.1. The van der Waals surface area contributed by atoms with Gasteiger partial charge in [0.05, 0.1) is 6.54 Å². The van der Waals surface area contributed by atoms with Crippen molar-refractivity contribution in [2.75, 3.05) is 24.6 Å². The Hall–Kier alpha value is -1.37.